The van der Waals surface area contributed by atoms with Crippen molar-refractivity contribution in [3.63, 3.8) is 0 Å². The Morgan fingerprint density at radius 2 is 1.80 bits per heavy atom. The van der Waals surface area contributed by atoms with E-state index in [2.05, 4.69) is 27.7 Å². The van der Waals surface area contributed by atoms with Crippen molar-refractivity contribution in [2.45, 2.75) is 109 Å². The molecule has 2 saturated carbocycles. The molecule has 35 heavy (non-hydrogen) atoms. The predicted molar refractivity (Wildman–Crippen MR) is 125 cm³/mol. The van der Waals surface area contributed by atoms with Crippen LogP contribution in [0.4, 0.5) is 0 Å². The fourth-order valence-corrected chi connectivity index (χ4v) is 7.49. The fourth-order valence-electron chi connectivity index (χ4n) is 7.49. The van der Waals surface area contributed by atoms with Gasteiger partial charge in [-0.2, -0.15) is 0 Å². The van der Waals surface area contributed by atoms with Crippen LogP contribution in [-0.2, 0) is 19.0 Å². The number of carbonyl (C=O) groups is 1. The number of cyclic esters (lactones) is 1. The van der Waals surface area contributed by atoms with Gasteiger partial charge in [-0.25, -0.2) is 4.79 Å². The van der Waals surface area contributed by atoms with E-state index in [4.69, 9.17) is 14.2 Å². The monoisotopic (exact) mass is 498 g/mol. The molecule has 3 fully saturated rings. The van der Waals surface area contributed by atoms with Crippen molar-refractivity contribution in [2.24, 2.45) is 22.7 Å². The summed E-state index contributed by atoms with van der Waals surface area (Å²) in [7, 11) is 0. The summed E-state index contributed by atoms with van der Waals surface area (Å²) in [6, 6.07) is 0. The van der Waals surface area contributed by atoms with Gasteiger partial charge in [0.05, 0.1) is 18.3 Å². The van der Waals surface area contributed by atoms with Crippen LogP contribution >= 0.6 is 0 Å². The Balaban J connectivity index is 1.53. The average Bonchev–Trinajstić information content (AvgIpc) is 3.22. The fraction of sp³-hybridized carbons (Fsp3) is 0.885. The maximum atomic E-state index is 12.2. The van der Waals surface area contributed by atoms with E-state index < -0.39 is 53.7 Å². The average molecular weight is 499 g/mol. The van der Waals surface area contributed by atoms with Crippen LogP contribution in [0.2, 0.25) is 0 Å². The number of carbonyl (C=O) groups excluding carboxylic acids is 1. The van der Waals surface area contributed by atoms with Gasteiger partial charge in [0.2, 0.25) is 0 Å². The van der Waals surface area contributed by atoms with Gasteiger partial charge in [-0.3, -0.25) is 0 Å². The minimum atomic E-state index is -1.49. The number of rotatable bonds is 6. The van der Waals surface area contributed by atoms with E-state index in [0.717, 1.165) is 12.8 Å². The van der Waals surface area contributed by atoms with Gasteiger partial charge in [0.15, 0.2) is 6.29 Å². The Morgan fingerprint density at radius 3 is 2.43 bits per heavy atom. The second kappa shape index (κ2) is 9.67. The molecule has 0 aromatic heterocycles. The van der Waals surface area contributed by atoms with Gasteiger partial charge in [0.1, 0.15) is 31.0 Å². The Hall–Kier alpha value is -1.07. The van der Waals surface area contributed by atoms with Gasteiger partial charge in [0.25, 0.3) is 0 Å². The van der Waals surface area contributed by atoms with Gasteiger partial charge in [-0.05, 0) is 61.9 Å². The highest BCUT2D eigenvalue weighted by Crippen LogP contribution is 2.64. The third-order valence-corrected chi connectivity index (χ3v) is 9.84. The molecule has 9 heteroatoms. The second-order valence-corrected chi connectivity index (χ2v) is 11.9. The molecule has 9 nitrogen and oxygen atoms in total. The second-order valence-electron chi connectivity index (χ2n) is 11.9. The normalized spacial score (nSPS) is 47.7. The first-order valence-electron chi connectivity index (χ1n) is 12.9. The zero-order chi connectivity index (χ0) is 25.8. The molecule has 10 atom stereocenters. The summed E-state index contributed by atoms with van der Waals surface area (Å²) in [5.41, 5.74) is -1.14. The van der Waals surface area contributed by atoms with E-state index in [0.29, 0.717) is 37.9 Å². The number of esters is 1. The molecule has 4 rings (SSSR count). The van der Waals surface area contributed by atoms with Gasteiger partial charge in [-0.1, -0.05) is 27.7 Å². The molecule has 0 aromatic rings. The smallest absolute Gasteiger partial charge is 0.334 e. The molecule has 0 spiro atoms. The van der Waals surface area contributed by atoms with E-state index in [9.17, 15) is 30.3 Å². The lowest BCUT2D eigenvalue weighted by Gasteiger charge is -2.64. The van der Waals surface area contributed by atoms with Crippen molar-refractivity contribution in [1.82, 2.24) is 0 Å². The predicted octanol–water partition coefficient (Wildman–Crippen LogP) is 1.04. The lowest BCUT2D eigenvalue weighted by molar-refractivity contribution is -0.332. The first-order chi connectivity index (χ1) is 16.4. The Morgan fingerprint density at radius 1 is 1.09 bits per heavy atom. The molecule has 0 amide bonds. The zero-order valence-electron chi connectivity index (χ0n) is 21.2. The molecule has 0 bridgehead atoms. The highest BCUT2D eigenvalue weighted by molar-refractivity contribution is 5.90. The molecule has 4 aliphatic rings. The first-order valence-corrected chi connectivity index (χ1v) is 12.9. The van der Waals surface area contributed by atoms with Crippen LogP contribution in [0.3, 0.4) is 0 Å². The number of aliphatic hydroxyl groups is 5. The molecule has 1 saturated heterocycles. The van der Waals surface area contributed by atoms with Crippen LogP contribution < -0.4 is 0 Å². The number of hydrogen-bond donors (Lipinski definition) is 5. The summed E-state index contributed by atoms with van der Waals surface area (Å²) in [4.78, 5) is 12.0. The number of ether oxygens (including phenoxy) is 3. The van der Waals surface area contributed by atoms with Crippen molar-refractivity contribution in [3.05, 3.63) is 11.6 Å². The lowest BCUT2D eigenvalue weighted by atomic mass is 9.43. The van der Waals surface area contributed by atoms with Crippen LogP contribution in [0.25, 0.3) is 0 Å². The molecule has 0 unspecified atom stereocenters. The van der Waals surface area contributed by atoms with Crippen LogP contribution in [-0.4, -0.2) is 87.1 Å². The largest absolute Gasteiger partial charge is 0.458 e. The molecule has 2 aliphatic carbocycles. The SMILES string of the molecule is C[C@@H]1CC[C@H]2C(C)(C)[C@H](O[C@@H]3O[C@H](CO)[C@@H](O)[C@H](O)[C@H]3O)CC[C@]2(C)[C@]1(O)CCC1=CCOC1=O. The lowest BCUT2D eigenvalue weighted by Crippen LogP contribution is -2.66. The number of aliphatic hydroxyl groups excluding tert-OH is 4. The summed E-state index contributed by atoms with van der Waals surface area (Å²) in [6.07, 6.45) is -1.08. The summed E-state index contributed by atoms with van der Waals surface area (Å²) in [5, 5.41) is 52.5. The third kappa shape index (κ3) is 4.37. The van der Waals surface area contributed by atoms with Crippen LogP contribution in [0, 0.1) is 22.7 Å². The van der Waals surface area contributed by atoms with E-state index in [1.54, 1.807) is 6.08 Å². The van der Waals surface area contributed by atoms with Gasteiger partial charge < -0.3 is 39.7 Å². The maximum Gasteiger partial charge on any atom is 0.334 e. The highest BCUT2D eigenvalue weighted by Gasteiger charge is 2.64. The highest BCUT2D eigenvalue weighted by atomic mass is 16.7. The summed E-state index contributed by atoms with van der Waals surface area (Å²) >= 11 is 0. The van der Waals surface area contributed by atoms with Gasteiger partial charge in [0, 0.05) is 11.0 Å². The minimum Gasteiger partial charge on any atom is -0.458 e. The molecule has 2 heterocycles. The van der Waals surface area contributed by atoms with Crippen molar-refractivity contribution >= 4 is 5.97 Å². The summed E-state index contributed by atoms with van der Waals surface area (Å²) in [5.74, 6) is -0.124. The molecule has 2 aliphatic heterocycles. The van der Waals surface area contributed by atoms with Gasteiger partial charge in [-0.15, -0.1) is 0 Å². The summed E-state index contributed by atoms with van der Waals surface area (Å²) in [6.45, 7) is 8.25. The van der Waals surface area contributed by atoms with Crippen molar-refractivity contribution in [1.29, 1.82) is 0 Å². The zero-order valence-corrected chi connectivity index (χ0v) is 21.2. The quantitative estimate of drug-likeness (QED) is 0.268. The van der Waals surface area contributed by atoms with E-state index in [1.165, 1.54) is 0 Å². The standard InChI is InChI=1S/C26H42O9/c1-14-5-6-17-24(2,3)18(35-23-21(30)20(29)19(28)16(13-27)34-23)8-10-25(17,4)26(14,32)11-7-15-9-12-33-22(15)31/h9,14,16-21,23,27-30,32H,5-8,10-13H2,1-4H3/t14-,16-,17+,18-,19-,20+,21-,23+,25+,26+/m1/s1. The summed E-state index contributed by atoms with van der Waals surface area (Å²) < 4.78 is 16.9. The third-order valence-electron chi connectivity index (χ3n) is 9.84. The first kappa shape index (κ1) is 27.0. The molecule has 0 aromatic carbocycles. The van der Waals surface area contributed by atoms with Crippen LogP contribution in [0.15, 0.2) is 11.6 Å². The van der Waals surface area contributed by atoms with Crippen molar-refractivity contribution in [3.8, 4) is 0 Å². The topological polar surface area (TPSA) is 146 Å². The molecule has 5 N–H and O–H groups in total. The number of hydrogen-bond acceptors (Lipinski definition) is 9. The van der Waals surface area contributed by atoms with Gasteiger partial charge >= 0.3 is 5.97 Å². The van der Waals surface area contributed by atoms with E-state index in [1.807, 2.05) is 0 Å². The Labute approximate surface area is 207 Å². The van der Waals surface area contributed by atoms with Crippen molar-refractivity contribution in [2.75, 3.05) is 13.2 Å². The Bertz CT molecular complexity index is 826. The number of fused-ring (bicyclic) bond motifs is 1. The maximum absolute atomic E-state index is 12.2. The van der Waals surface area contributed by atoms with E-state index >= 15 is 0 Å². The van der Waals surface area contributed by atoms with E-state index in [-0.39, 0.29) is 23.9 Å². The molecular formula is C26H42O9. The van der Waals surface area contributed by atoms with Crippen LogP contribution in [0.5, 0.6) is 0 Å². The van der Waals surface area contributed by atoms with Crippen molar-refractivity contribution < 1.29 is 44.5 Å². The molecule has 200 valence electrons. The molecule has 0 radical (unpaired) electrons. The molecular weight excluding hydrogens is 456 g/mol. The minimum absolute atomic E-state index is 0.0699. The Kier molecular flexibility index (Phi) is 7.45. The van der Waals surface area contributed by atoms with Crippen LogP contribution in [0.1, 0.15) is 66.2 Å².